The fourth-order valence-corrected chi connectivity index (χ4v) is 3.56. The van der Waals surface area contributed by atoms with Gasteiger partial charge in [-0.05, 0) is 30.0 Å². The summed E-state index contributed by atoms with van der Waals surface area (Å²) in [6, 6.07) is 7.76. The zero-order chi connectivity index (χ0) is 18.4. The Labute approximate surface area is 159 Å². The molecular weight excluding hydrogens is 370 g/mol. The number of rotatable bonds is 7. The second kappa shape index (κ2) is 8.63. The molecule has 1 amide bonds. The van der Waals surface area contributed by atoms with Crippen molar-refractivity contribution in [2.24, 2.45) is 10.7 Å². The lowest BCUT2D eigenvalue weighted by atomic mass is 10.3. The van der Waals surface area contributed by atoms with Gasteiger partial charge >= 0.3 is 0 Å². The first-order valence-corrected chi connectivity index (χ1v) is 9.75. The van der Waals surface area contributed by atoms with Crippen LogP contribution in [0.3, 0.4) is 0 Å². The van der Waals surface area contributed by atoms with E-state index in [1.54, 1.807) is 11.3 Å². The maximum atomic E-state index is 10.9. The van der Waals surface area contributed by atoms with Crippen molar-refractivity contribution in [1.29, 1.82) is 0 Å². The van der Waals surface area contributed by atoms with Crippen molar-refractivity contribution in [3.63, 3.8) is 0 Å². The second-order valence-electron chi connectivity index (χ2n) is 5.44. The van der Waals surface area contributed by atoms with Gasteiger partial charge in [0.05, 0.1) is 6.54 Å². The Bertz CT molecular complexity index is 883. The van der Waals surface area contributed by atoms with Crippen LogP contribution in [0.1, 0.15) is 17.6 Å². The molecule has 4 N–H and O–H groups in total. The van der Waals surface area contributed by atoms with Crippen molar-refractivity contribution in [3.8, 4) is 11.5 Å². The predicted octanol–water partition coefficient (Wildman–Crippen LogP) is 2.88. The lowest BCUT2D eigenvalue weighted by molar-refractivity contribution is -0.119. The van der Waals surface area contributed by atoms with Crippen molar-refractivity contribution in [2.75, 3.05) is 6.54 Å². The fourth-order valence-electron chi connectivity index (χ4n) is 2.16. The van der Waals surface area contributed by atoms with Crippen LogP contribution in [0.25, 0.3) is 11.5 Å². The summed E-state index contributed by atoms with van der Waals surface area (Å²) in [5.74, 6) is 1.54. The number of hydrogen-bond donors (Lipinski definition) is 3. The van der Waals surface area contributed by atoms with Crippen LogP contribution in [0, 0.1) is 0 Å². The molecule has 0 spiro atoms. The van der Waals surface area contributed by atoms with Crippen molar-refractivity contribution in [1.82, 2.24) is 15.6 Å². The quantitative estimate of drug-likeness (QED) is 0.426. The Morgan fingerprint density at radius 3 is 2.96 bits per heavy atom. The SMILES string of the molecule is CC(=O)NCc1ccc(-c2csc(/N=C(\N)NCCc3cccs3)n2)o1. The highest BCUT2D eigenvalue weighted by molar-refractivity contribution is 7.13. The van der Waals surface area contributed by atoms with Gasteiger partial charge < -0.3 is 20.8 Å². The van der Waals surface area contributed by atoms with E-state index in [1.807, 2.05) is 23.6 Å². The first-order chi connectivity index (χ1) is 12.6. The molecule has 0 radical (unpaired) electrons. The number of nitrogens with zero attached hydrogens (tertiary/aromatic N) is 2. The maximum absolute atomic E-state index is 10.9. The normalized spacial score (nSPS) is 11.5. The zero-order valence-electron chi connectivity index (χ0n) is 14.2. The van der Waals surface area contributed by atoms with Crippen LogP contribution in [0.2, 0.25) is 0 Å². The number of furan rings is 1. The van der Waals surface area contributed by atoms with E-state index in [0.29, 0.717) is 34.9 Å². The number of hydrogen-bond acceptors (Lipinski definition) is 6. The summed E-state index contributed by atoms with van der Waals surface area (Å²) in [5, 5.41) is 10.3. The summed E-state index contributed by atoms with van der Waals surface area (Å²) >= 11 is 3.11. The van der Waals surface area contributed by atoms with E-state index in [1.165, 1.54) is 23.1 Å². The Kier molecular flexibility index (Phi) is 6.03. The molecule has 0 aromatic carbocycles. The molecule has 136 valence electrons. The van der Waals surface area contributed by atoms with Gasteiger partial charge in [0, 0.05) is 23.7 Å². The predicted molar refractivity (Wildman–Crippen MR) is 105 cm³/mol. The van der Waals surface area contributed by atoms with Crippen molar-refractivity contribution < 1.29 is 9.21 Å². The molecule has 0 aliphatic heterocycles. The van der Waals surface area contributed by atoms with Gasteiger partial charge in [0.15, 0.2) is 11.7 Å². The van der Waals surface area contributed by atoms with Gasteiger partial charge in [0.25, 0.3) is 0 Å². The van der Waals surface area contributed by atoms with Gasteiger partial charge in [0.1, 0.15) is 11.5 Å². The number of amides is 1. The molecule has 3 aromatic rings. The molecule has 26 heavy (non-hydrogen) atoms. The van der Waals surface area contributed by atoms with Gasteiger partial charge in [-0.3, -0.25) is 4.79 Å². The van der Waals surface area contributed by atoms with E-state index < -0.39 is 0 Å². The van der Waals surface area contributed by atoms with Crippen LogP contribution in [0.5, 0.6) is 0 Å². The Morgan fingerprint density at radius 2 is 2.19 bits per heavy atom. The molecule has 0 unspecified atom stereocenters. The smallest absolute Gasteiger partial charge is 0.217 e. The number of thiophene rings is 1. The van der Waals surface area contributed by atoms with Crippen LogP contribution in [-0.4, -0.2) is 23.4 Å². The summed E-state index contributed by atoms with van der Waals surface area (Å²) in [7, 11) is 0. The molecule has 0 atom stereocenters. The third-order valence-electron chi connectivity index (χ3n) is 3.39. The molecule has 9 heteroatoms. The minimum Gasteiger partial charge on any atom is -0.458 e. The molecular formula is C17H19N5O2S2. The lowest BCUT2D eigenvalue weighted by Gasteiger charge is -2.02. The van der Waals surface area contributed by atoms with Crippen molar-refractivity contribution in [3.05, 3.63) is 45.7 Å². The standard InChI is InChI=1S/C17H19N5O2S2/c1-11(23)20-9-12-4-5-15(24-12)14-10-26-17(21-14)22-16(18)19-7-6-13-3-2-8-25-13/h2-5,8,10H,6-7,9H2,1H3,(H,20,23)(H3,18,19,21,22). The first kappa shape index (κ1) is 18.2. The van der Waals surface area contributed by atoms with Gasteiger partial charge in [-0.15, -0.1) is 22.7 Å². The second-order valence-corrected chi connectivity index (χ2v) is 7.31. The molecule has 0 saturated heterocycles. The summed E-state index contributed by atoms with van der Waals surface area (Å²) in [6.07, 6.45) is 0.903. The Balaban J connectivity index is 1.55. The molecule has 3 heterocycles. The minimum absolute atomic E-state index is 0.102. The van der Waals surface area contributed by atoms with Gasteiger partial charge in [-0.1, -0.05) is 6.07 Å². The van der Waals surface area contributed by atoms with Crippen LogP contribution >= 0.6 is 22.7 Å². The van der Waals surface area contributed by atoms with E-state index in [9.17, 15) is 4.79 Å². The molecule has 0 aliphatic rings. The largest absolute Gasteiger partial charge is 0.458 e. The van der Waals surface area contributed by atoms with E-state index in [2.05, 4.69) is 32.1 Å². The first-order valence-electron chi connectivity index (χ1n) is 7.99. The Hall–Kier alpha value is -2.65. The third-order valence-corrected chi connectivity index (χ3v) is 5.06. The van der Waals surface area contributed by atoms with Crippen molar-refractivity contribution >= 4 is 39.7 Å². The highest BCUT2D eigenvalue weighted by Gasteiger charge is 2.09. The number of carbonyl (C=O) groups is 1. The number of aliphatic imine (C=N–C) groups is 1. The van der Waals surface area contributed by atoms with Crippen molar-refractivity contribution in [2.45, 2.75) is 19.9 Å². The summed E-state index contributed by atoms with van der Waals surface area (Å²) in [6.45, 7) is 2.54. The zero-order valence-corrected chi connectivity index (χ0v) is 15.8. The average molecular weight is 390 g/mol. The molecule has 0 bridgehead atoms. The third kappa shape index (κ3) is 5.17. The Morgan fingerprint density at radius 1 is 1.31 bits per heavy atom. The summed E-state index contributed by atoms with van der Waals surface area (Å²) in [5.41, 5.74) is 6.60. The fraction of sp³-hybridized carbons (Fsp3) is 0.235. The monoisotopic (exact) mass is 389 g/mol. The molecule has 0 aliphatic carbocycles. The highest BCUT2D eigenvalue weighted by atomic mass is 32.1. The van der Waals surface area contributed by atoms with Crippen LogP contribution < -0.4 is 16.4 Å². The number of aromatic nitrogens is 1. The number of guanidine groups is 1. The molecule has 3 aromatic heterocycles. The average Bonchev–Trinajstić information content (AvgIpc) is 3.34. The van der Waals surface area contributed by atoms with E-state index in [-0.39, 0.29) is 5.91 Å². The van der Waals surface area contributed by atoms with Crippen LogP contribution in [0.4, 0.5) is 5.13 Å². The van der Waals surface area contributed by atoms with E-state index in [0.717, 1.165) is 13.0 Å². The van der Waals surface area contributed by atoms with E-state index >= 15 is 0 Å². The molecule has 0 fully saturated rings. The summed E-state index contributed by atoms with van der Waals surface area (Å²) in [4.78, 5) is 21.0. The van der Waals surface area contributed by atoms with Crippen LogP contribution in [-0.2, 0) is 17.8 Å². The highest BCUT2D eigenvalue weighted by Crippen LogP contribution is 2.28. The number of thiazole rings is 1. The lowest BCUT2D eigenvalue weighted by Crippen LogP contribution is -2.32. The van der Waals surface area contributed by atoms with Gasteiger partial charge in [-0.25, -0.2) is 4.98 Å². The van der Waals surface area contributed by atoms with Gasteiger partial charge in [-0.2, -0.15) is 4.99 Å². The maximum Gasteiger partial charge on any atom is 0.217 e. The van der Waals surface area contributed by atoms with E-state index in [4.69, 9.17) is 10.2 Å². The van der Waals surface area contributed by atoms with Crippen LogP contribution in [0.15, 0.2) is 44.4 Å². The van der Waals surface area contributed by atoms with Gasteiger partial charge in [0.2, 0.25) is 11.0 Å². The number of nitrogens with one attached hydrogen (secondary N) is 2. The summed E-state index contributed by atoms with van der Waals surface area (Å²) < 4.78 is 5.68. The molecule has 0 saturated carbocycles. The molecule has 3 rings (SSSR count). The minimum atomic E-state index is -0.102. The number of nitrogens with two attached hydrogens (primary N) is 1. The molecule has 7 nitrogen and oxygen atoms in total. The topological polar surface area (TPSA) is 106 Å². The number of carbonyl (C=O) groups excluding carboxylic acids is 1.